The van der Waals surface area contributed by atoms with Gasteiger partial charge >= 0.3 is 0 Å². The zero-order chi connectivity index (χ0) is 14.9. The van der Waals surface area contributed by atoms with Crippen LogP contribution in [0.3, 0.4) is 0 Å². The highest BCUT2D eigenvalue weighted by Crippen LogP contribution is 2.42. The molecule has 3 atom stereocenters. The zero-order valence-corrected chi connectivity index (χ0v) is 13.1. The number of ether oxygens (including phenoxy) is 3. The van der Waals surface area contributed by atoms with Gasteiger partial charge in [0, 0.05) is 24.6 Å². The molecular weight excluding hydrogens is 266 g/mol. The molecule has 0 amide bonds. The molecule has 1 saturated carbocycles. The van der Waals surface area contributed by atoms with E-state index in [1.54, 1.807) is 0 Å². The second-order valence-corrected chi connectivity index (χ2v) is 6.46. The first-order chi connectivity index (χ1) is 10.1. The highest BCUT2D eigenvalue weighted by atomic mass is 16.6. The average molecular weight is 291 g/mol. The summed E-state index contributed by atoms with van der Waals surface area (Å²) in [5, 5.41) is 3.61. The van der Waals surface area contributed by atoms with Crippen LogP contribution in [0.1, 0.15) is 27.2 Å². The minimum atomic E-state index is 0.0712. The predicted octanol–water partition coefficient (Wildman–Crippen LogP) is 2.62. The standard InChI is InChI=1S/C17H25NO3/c1-4-19-16-9-15(17(16,2)3)18-10-12-11-20-13-7-5-6-8-14(13)21-12/h5-8,12,15-16,18H,4,9-11H2,1-3H3. The molecule has 1 aliphatic carbocycles. The van der Waals surface area contributed by atoms with Crippen molar-refractivity contribution in [2.45, 2.75) is 45.4 Å². The van der Waals surface area contributed by atoms with E-state index < -0.39 is 0 Å². The maximum atomic E-state index is 5.97. The topological polar surface area (TPSA) is 39.7 Å². The lowest BCUT2D eigenvalue weighted by Gasteiger charge is -2.52. The van der Waals surface area contributed by atoms with Crippen LogP contribution < -0.4 is 14.8 Å². The SMILES string of the molecule is CCOC1CC(NCC2COc3ccccc3O2)C1(C)C. The van der Waals surface area contributed by atoms with Gasteiger partial charge in [-0.3, -0.25) is 0 Å². The molecule has 1 fully saturated rings. The van der Waals surface area contributed by atoms with E-state index in [9.17, 15) is 0 Å². The molecule has 4 nitrogen and oxygen atoms in total. The highest BCUT2D eigenvalue weighted by Gasteiger charge is 2.48. The van der Waals surface area contributed by atoms with E-state index in [1.807, 2.05) is 24.3 Å². The number of benzene rings is 1. The Balaban J connectivity index is 1.49. The number of para-hydroxylation sites is 2. The molecule has 3 unspecified atom stereocenters. The second kappa shape index (κ2) is 5.85. The Labute approximate surface area is 126 Å². The summed E-state index contributed by atoms with van der Waals surface area (Å²) in [5.74, 6) is 1.68. The van der Waals surface area contributed by atoms with Crippen molar-refractivity contribution >= 4 is 0 Å². The van der Waals surface area contributed by atoms with Crippen LogP contribution in [0.2, 0.25) is 0 Å². The molecule has 2 aliphatic rings. The largest absolute Gasteiger partial charge is 0.486 e. The molecule has 3 rings (SSSR count). The fourth-order valence-corrected chi connectivity index (χ4v) is 3.15. The van der Waals surface area contributed by atoms with Crippen LogP contribution in [0.25, 0.3) is 0 Å². The van der Waals surface area contributed by atoms with Crippen LogP contribution in [-0.4, -0.2) is 38.0 Å². The van der Waals surface area contributed by atoms with Crippen molar-refractivity contribution in [1.29, 1.82) is 0 Å². The van der Waals surface area contributed by atoms with E-state index in [0.717, 1.165) is 31.1 Å². The summed E-state index contributed by atoms with van der Waals surface area (Å²) in [7, 11) is 0. The third-order valence-electron chi connectivity index (χ3n) is 4.71. The van der Waals surface area contributed by atoms with Crippen LogP contribution in [-0.2, 0) is 4.74 Å². The molecule has 0 radical (unpaired) electrons. The third-order valence-corrected chi connectivity index (χ3v) is 4.71. The summed E-state index contributed by atoms with van der Waals surface area (Å²) in [6.45, 7) is 8.79. The van der Waals surface area contributed by atoms with Crippen LogP contribution >= 0.6 is 0 Å². The van der Waals surface area contributed by atoms with Gasteiger partial charge in [0.05, 0.1) is 6.10 Å². The fraction of sp³-hybridized carbons (Fsp3) is 0.647. The van der Waals surface area contributed by atoms with Crippen LogP contribution in [0.15, 0.2) is 24.3 Å². The summed E-state index contributed by atoms with van der Waals surface area (Å²) < 4.78 is 17.5. The lowest BCUT2D eigenvalue weighted by atomic mass is 9.64. The van der Waals surface area contributed by atoms with E-state index in [2.05, 4.69) is 26.1 Å². The van der Waals surface area contributed by atoms with Gasteiger partial charge in [0.25, 0.3) is 0 Å². The molecule has 1 aromatic carbocycles. The lowest BCUT2D eigenvalue weighted by Crippen LogP contribution is -2.62. The van der Waals surface area contributed by atoms with E-state index in [1.165, 1.54) is 0 Å². The molecule has 116 valence electrons. The molecule has 1 aliphatic heterocycles. The molecule has 4 heteroatoms. The number of nitrogens with one attached hydrogen (secondary N) is 1. The van der Waals surface area contributed by atoms with Gasteiger partial charge in [0.15, 0.2) is 11.5 Å². The Morgan fingerprint density at radius 3 is 2.76 bits per heavy atom. The van der Waals surface area contributed by atoms with Crippen molar-refractivity contribution in [3.05, 3.63) is 24.3 Å². The Kier molecular flexibility index (Phi) is 4.09. The quantitative estimate of drug-likeness (QED) is 0.905. The van der Waals surface area contributed by atoms with Gasteiger partial charge in [0.2, 0.25) is 0 Å². The van der Waals surface area contributed by atoms with E-state index in [4.69, 9.17) is 14.2 Å². The van der Waals surface area contributed by atoms with Crippen molar-refractivity contribution in [3.8, 4) is 11.5 Å². The Morgan fingerprint density at radius 2 is 2.05 bits per heavy atom. The summed E-state index contributed by atoms with van der Waals surface area (Å²) in [6.07, 6.45) is 1.51. The zero-order valence-electron chi connectivity index (χ0n) is 13.1. The first-order valence-corrected chi connectivity index (χ1v) is 7.84. The minimum absolute atomic E-state index is 0.0712. The fourth-order valence-electron chi connectivity index (χ4n) is 3.15. The molecule has 21 heavy (non-hydrogen) atoms. The first kappa shape index (κ1) is 14.7. The Bertz CT molecular complexity index is 489. The normalized spacial score (nSPS) is 29.8. The first-order valence-electron chi connectivity index (χ1n) is 7.84. The monoisotopic (exact) mass is 291 g/mol. The average Bonchev–Trinajstić information content (AvgIpc) is 2.50. The summed E-state index contributed by atoms with van der Waals surface area (Å²) >= 11 is 0. The van der Waals surface area contributed by atoms with Gasteiger partial charge < -0.3 is 19.5 Å². The number of hydrogen-bond donors (Lipinski definition) is 1. The van der Waals surface area contributed by atoms with Gasteiger partial charge in [-0.1, -0.05) is 26.0 Å². The van der Waals surface area contributed by atoms with Crippen molar-refractivity contribution < 1.29 is 14.2 Å². The highest BCUT2D eigenvalue weighted by molar-refractivity contribution is 5.40. The molecule has 1 N–H and O–H groups in total. The number of hydrogen-bond acceptors (Lipinski definition) is 4. The van der Waals surface area contributed by atoms with Gasteiger partial charge in [-0.2, -0.15) is 0 Å². The van der Waals surface area contributed by atoms with E-state index >= 15 is 0 Å². The van der Waals surface area contributed by atoms with Crippen molar-refractivity contribution in [3.63, 3.8) is 0 Å². The minimum Gasteiger partial charge on any atom is -0.486 e. The smallest absolute Gasteiger partial charge is 0.161 e. The van der Waals surface area contributed by atoms with Gasteiger partial charge in [0.1, 0.15) is 12.7 Å². The number of rotatable bonds is 5. The molecule has 1 aromatic rings. The molecule has 0 bridgehead atoms. The summed E-state index contributed by atoms with van der Waals surface area (Å²) in [5.41, 5.74) is 0.184. The predicted molar refractivity (Wildman–Crippen MR) is 82.0 cm³/mol. The second-order valence-electron chi connectivity index (χ2n) is 6.46. The van der Waals surface area contributed by atoms with Crippen LogP contribution in [0.5, 0.6) is 11.5 Å². The van der Waals surface area contributed by atoms with Gasteiger partial charge in [-0.15, -0.1) is 0 Å². The molecule has 0 saturated heterocycles. The summed E-state index contributed by atoms with van der Waals surface area (Å²) in [6, 6.07) is 8.32. The van der Waals surface area contributed by atoms with Crippen LogP contribution in [0, 0.1) is 5.41 Å². The Morgan fingerprint density at radius 1 is 1.29 bits per heavy atom. The van der Waals surface area contributed by atoms with E-state index in [0.29, 0.717) is 18.8 Å². The Hall–Kier alpha value is -1.26. The van der Waals surface area contributed by atoms with Gasteiger partial charge in [-0.25, -0.2) is 0 Å². The maximum Gasteiger partial charge on any atom is 0.161 e. The van der Waals surface area contributed by atoms with Gasteiger partial charge in [-0.05, 0) is 25.5 Å². The van der Waals surface area contributed by atoms with E-state index in [-0.39, 0.29) is 11.5 Å². The molecular formula is C17H25NO3. The third kappa shape index (κ3) is 2.87. The van der Waals surface area contributed by atoms with Crippen molar-refractivity contribution in [1.82, 2.24) is 5.32 Å². The maximum absolute atomic E-state index is 5.97. The van der Waals surface area contributed by atoms with Crippen molar-refractivity contribution in [2.75, 3.05) is 19.8 Å². The summed E-state index contributed by atoms with van der Waals surface area (Å²) in [4.78, 5) is 0. The van der Waals surface area contributed by atoms with Crippen LogP contribution in [0.4, 0.5) is 0 Å². The molecule has 1 heterocycles. The molecule has 0 aromatic heterocycles. The number of fused-ring (bicyclic) bond motifs is 1. The van der Waals surface area contributed by atoms with Crippen molar-refractivity contribution in [2.24, 2.45) is 5.41 Å². The lowest BCUT2D eigenvalue weighted by molar-refractivity contribution is -0.115. The molecule has 0 spiro atoms.